The zero-order valence-electron chi connectivity index (χ0n) is 39.7. The van der Waals surface area contributed by atoms with Crippen LogP contribution < -0.4 is 13.7 Å². The van der Waals surface area contributed by atoms with E-state index in [-0.39, 0.29) is 0 Å². The predicted molar refractivity (Wildman–Crippen MR) is 290 cm³/mol. The largest absolute Gasteiger partial charge is 0.496 e. The molecule has 1 N–H and O–H groups in total. The number of ether oxygens (including phenoxy) is 2. The second kappa shape index (κ2) is 25.4. The molecule has 342 valence electrons. The second-order valence-electron chi connectivity index (χ2n) is 15.3. The van der Waals surface area contributed by atoms with Gasteiger partial charge in [-0.05, 0) is 68.9 Å². The van der Waals surface area contributed by atoms with Gasteiger partial charge in [-0.15, -0.1) is 19.3 Å². The number of nitrogens with zero attached hydrogens (tertiary/aromatic N) is 3. The van der Waals surface area contributed by atoms with Crippen LogP contribution in [-0.4, -0.2) is 26.4 Å². The number of para-hydroxylation sites is 3. The van der Waals surface area contributed by atoms with Crippen LogP contribution in [0.2, 0.25) is 0 Å². The highest BCUT2D eigenvalue weighted by molar-refractivity contribution is 7.19. The monoisotopic (exact) mass is 960 g/mol. The lowest BCUT2D eigenvalue weighted by atomic mass is 10.1. The van der Waals surface area contributed by atoms with Gasteiger partial charge in [-0.25, -0.2) is 0 Å². The van der Waals surface area contributed by atoms with Gasteiger partial charge in [-0.3, -0.25) is 0 Å². The van der Waals surface area contributed by atoms with Crippen LogP contribution in [0.5, 0.6) is 0 Å². The molecular weight excluding hydrogens is 907 g/mol. The Hall–Kier alpha value is -7.73. The number of rotatable bonds is 9. The zero-order chi connectivity index (χ0) is 49.1. The van der Waals surface area contributed by atoms with Gasteiger partial charge in [-0.2, -0.15) is 13.7 Å². The molecule has 0 aliphatic carbocycles. The summed E-state index contributed by atoms with van der Waals surface area (Å²) in [7, 11) is 4.40. The Morgan fingerprint density at radius 1 is 0.478 bits per heavy atom. The van der Waals surface area contributed by atoms with E-state index in [0.717, 1.165) is 66.9 Å². The Morgan fingerprint density at radius 2 is 0.826 bits per heavy atom. The molecule has 0 saturated heterocycles. The number of aromatic nitrogens is 3. The summed E-state index contributed by atoms with van der Waals surface area (Å²) in [6, 6.07) is 49.7. The minimum absolute atomic E-state index is 0.542. The molecule has 9 heteroatoms. The van der Waals surface area contributed by atoms with Gasteiger partial charge in [0.1, 0.15) is 25.6 Å². The van der Waals surface area contributed by atoms with Gasteiger partial charge in [0, 0.05) is 47.9 Å². The predicted octanol–water partition coefficient (Wildman–Crippen LogP) is 11.7. The molecule has 0 bridgehead atoms. The first kappa shape index (κ1) is 50.7. The van der Waals surface area contributed by atoms with Crippen LogP contribution >= 0.6 is 34.0 Å². The molecule has 6 nitrogen and oxygen atoms in total. The van der Waals surface area contributed by atoms with Crippen LogP contribution in [0.3, 0.4) is 0 Å². The number of aliphatic hydroxyl groups is 1. The van der Waals surface area contributed by atoms with Crippen LogP contribution in [-0.2, 0) is 29.1 Å². The minimum atomic E-state index is 0.542. The van der Waals surface area contributed by atoms with Crippen molar-refractivity contribution in [1.29, 1.82) is 0 Å². The molecule has 0 aliphatic heterocycles. The van der Waals surface area contributed by atoms with Crippen LogP contribution in [0.1, 0.15) is 48.4 Å². The summed E-state index contributed by atoms with van der Waals surface area (Å²) in [6.07, 6.45) is 20.7. The molecule has 9 aromatic rings. The lowest BCUT2D eigenvalue weighted by molar-refractivity contribution is -0.656. The van der Waals surface area contributed by atoms with Gasteiger partial charge in [-0.1, -0.05) is 154 Å². The number of aliphatic hydroxyl groups excluding tert-OH is 1. The summed E-state index contributed by atoms with van der Waals surface area (Å²) >= 11 is 5.11. The first-order chi connectivity index (χ1) is 33.7. The molecule has 0 spiro atoms. The summed E-state index contributed by atoms with van der Waals surface area (Å²) in [5, 5.41) is 10.2. The number of fused-ring (bicyclic) bond motifs is 3. The highest BCUT2D eigenvalue weighted by Gasteiger charge is 2.21. The van der Waals surface area contributed by atoms with E-state index >= 15 is 0 Å². The van der Waals surface area contributed by atoms with Crippen LogP contribution in [0.25, 0.3) is 54.3 Å². The van der Waals surface area contributed by atoms with Crippen molar-refractivity contribution in [3.63, 3.8) is 0 Å². The fourth-order valence-corrected chi connectivity index (χ4v) is 10.3. The zero-order valence-corrected chi connectivity index (χ0v) is 42.1. The summed E-state index contributed by atoms with van der Waals surface area (Å²) in [5.74, 6) is 16.3. The van der Waals surface area contributed by atoms with Crippen LogP contribution in [0.15, 0.2) is 146 Å². The fourth-order valence-electron chi connectivity index (χ4n) is 7.15. The maximum atomic E-state index is 7.00. The Bertz CT molecular complexity index is 3260. The molecule has 6 aromatic carbocycles. The van der Waals surface area contributed by atoms with Crippen molar-refractivity contribution in [3.05, 3.63) is 194 Å². The van der Waals surface area contributed by atoms with Gasteiger partial charge in [0.25, 0.3) is 10.0 Å². The Labute approximate surface area is 418 Å². The Morgan fingerprint density at radius 3 is 1.22 bits per heavy atom. The van der Waals surface area contributed by atoms with E-state index in [0.29, 0.717) is 19.6 Å². The molecule has 3 aromatic heterocycles. The molecule has 9 rings (SSSR count). The van der Waals surface area contributed by atoms with Gasteiger partial charge >= 0.3 is 5.01 Å². The molecular formula is C60H54N3O3S3+3. The molecule has 0 radical (unpaired) electrons. The number of aryl methyl sites for hydroxylation is 3. The van der Waals surface area contributed by atoms with E-state index in [1.165, 1.54) is 30.8 Å². The van der Waals surface area contributed by atoms with Crippen molar-refractivity contribution < 1.29 is 28.3 Å². The minimum Gasteiger partial charge on any atom is -0.496 e. The maximum absolute atomic E-state index is 7.00. The second-order valence-corrected chi connectivity index (χ2v) is 18.5. The third-order valence-electron chi connectivity index (χ3n) is 10.6. The smallest absolute Gasteiger partial charge is 0.316 e. The van der Waals surface area contributed by atoms with Crippen molar-refractivity contribution in [1.82, 2.24) is 0 Å². The van der Waals surface area contributed by atoms with Crippen LogP contribution in [0.4, 0.5) is 0 Å². The number of hydrogen-bond acceptors (Lipinski definition) is 6. The van der Waals surface area contributed by atoms with Crippen molar-refractivity contribution >= 4 is 88.3 Å². The Kier molecular flexibility index (Phi) is 18.7. The molecule has 0 aliphatic rings. The molecule has 0 unspecified atom stereocenters. The number of terminal acetylenes is 3. The van der Waals surface area contributed by atoms with Gasteiger partial charge < -0.3 is 14.6 Å². The van der Waals surface area contributed by atoms with Crippen molar-refractivity contribution in [2.75, 3.05) is 21.3 Å². The fraction of sp³-hybridized carbons (Fsp3) is 0.150. The van der Waals surface area contributed by atoms with Crippen molar-refractivity contribution in [2.24, 2.45) is 0 Å². The van der Waals surface area contributed by atoms with E-state index in [4.69, 9.17) is 33.9 Å². The number of benzene rings is 6. The summed E-state index contributed by atoms with van der Waals surface area (Å²) in [5.41, 5.74) is 10.3. The van der Waals surface area contributed by atoms with E-state index < -0.39 is 0 Å². The lowest BCUT2D eigenvalue weighted by Crippen LogP contribution is -2.34. The summed E-state index contributed by atoms with van der Waals surface area (Å²) < 4.78 is 21.3. The molecule has 0 fully saturated rings. The van der Waals surface area contributed by atoms with Crippen molar-refractivity contribution in [2.45, 2.75) is 40.4 Å². The van der Waals surface area contributed by atoms with E-state index in [1.807, 2.05) is 48.5 Å². The number of hydrogen-bond donors (Lipinski definition) is 1. The van der Waals surface area contributed by atoms with Gasteiger partial charge in [0.15, 0.2) is 0 Å². The Balaban J connectivity index is 0.000000167. The lowest BCUT2D eigenvalue weighted by Gasteiger charge is -2.05. The standard InChI is InChI=1S/2C20H18NOS.C19H14NS.CH4O/c2*1-4-13-21-17-7-5-6-8-19(17)23-20(21)14-18(22-3)16-11-9-15(2)10-12-16;1-3-14-20-17-6-4-5-7-18(17)21-19(20)13-12-16-10-8-15(2)9-11-16;1-2/h2*1,5-12,14H,13H2,2-3H3;1,4-11H,14H2,2H3;2H,1H3/q3*+1;/b2*18-14-;;. The topological polar surface area (TPSA) is 50.3 Å². The SMILES string of the molecule is C#CC[n+]1c(/C=C(\OC)c2ccc(C)cc2)sc2ccccc21.C#CC[n+]1c(/C=C(\OC)c2ccc(C)cc2)sc2ccccc21.C#CC[n+]1c(C#Cc2ccc(C)cc2)sc2ccccc21.CO. The third kappa shape index (κ3) is 13.0. The molecule has 0 atom stereocenters. The average Bonchev–Trinajstić information content (AvgIpc) is 4.04. The molecule has 0 saturated carbocycles. The summed E-state index contributed by atoms with van der Waals surface area (Å²) in [4.78, 5) is 0. The molecule has 69 heavy (non-hydrogen) atoms. The van der Waals surface area contributed by atoms with Gasteiger partial charge in [0.2, 0.25) is 36.2 Å². The highest BCUT2D eigenvalue weighted by Crippen LogP contribution is 2.27. The normalized spacial score (nSPS) is 10.7. The highest BCUT2D eigenvalue weighted by atomic mass is 32.1. The van der Waals surface area contributed by atoms with Crippen molar-refractivity contribution in [3.8, 4) is 48.9 Å². The average molecular weight is 961 g/mol. The van der Waals surface area contributed by atoms with Gasteiger partial charge in [0.05, 0.1) is 26.4 Å². The van der Waals surface area contributed by atoms with E-state index in [1.54, 1.807) is 48.2 Å². The number of thiazole rings is 3. The molecule has 0 amide bonds. The summed E-state index contributed by atoms with van der Waals surface area (Å²) in [6.45, 7) is 7.85. The first-order valence-electron chi connectivity index (χ1n) is 22.0. The third-order valence-corrected chi connectivity index (χ3v) is 13.9. The molecule has 3 heterocycles. The number of methoxy groups -OCH3 is 2. The van der Waals surface area contributed by atoms with Crippen LogP contribution in [0, 0.1) is 69.6 Å². The maximum Gasteiger partial charge on any atom is 0.316 e. The van der Waals surface area contributed by atoms with E-state index in [2.05, 4.69) is 173 Å². The quantitative estimate of drug-likeness (QED) is 0.0891. The first-order valence-corrected chi connectivity index (χ1v) is 24.4. The van der Waals surface area contributed by atoms with E-state index in [9.17, 15) is 0 Å².